The Balaban J connectivity index is 2.07. The maximum Gasteiger partial charge on any atom is 0.355 e. The normalized spacial score (nSPS) is 10.5. The molecule has 0 amide bonds. The molecular formula is C17H20N2O3. The molecule has 2 aromatic rings. The molecule has 0 saturated heterocycles. The Kier molecular flexibility index (Phi) is 4.65. The minimum atomic E-state index is -0.499. The SMILES string of the molecule is C=CCn1c(C)cc(C(=O)COC(=O)c2cccn2C)c1C. The number of Topliss-reactive ketones (excluding diaryl/α,β-unsaturated/α-hetero) is 1. The fourth-order valence-corrected chi connectivity index (χ4v) is 2.45. The van der Waals surface area contributed by atoms with Crippen LogP contribution in [0.25, 0.3) is 0 Å². The van der Waals surface area contributed by atoms with Crippen LogP contribution in [0.4, 0.5) is 0 Å². The van der Waals surface area contributed by atoms with Gasteiger partial charge in [0.1, 0.15) is 5.69 Å². The molecule has 0 aliphatic rings. The van der Waals surface area contributed by atoms with E-state index in [0.29, 0.717) is 17.8 Å². The van der Waals surface area contributed by atoms with Crippen LogP contribution in [-0.2, 0) is 18.3 Å². The molecule has 0 atom stereocenters. The number of allylic oxidation sites excluding steroid dienone is 1. The zero-order chi connectivity index (χ0) is 16.3. The molecule has 0 aliphatic heterocycles. The molecule has 2 heterocycles. The highest BCUT2D eigenvalue weighted by Gasteiger charge is 2.18. The molecule has 22 heavy (non-hydrogen) atoms. The summed E-state index contributed by atoms with van der Waals surface area (Å²) >= 11 is 0. The summed E-state index contributed by atoms with van der Waals surface area (Å²) in [5.74, 6) is -0.702. The van der Waals surface area contributed by atoms with E-state index in [2.05, 4.69) is 6.58 Å². The zero-order valence-electron chi connectivity index (χ0n) is 13.1. The molecule has 0 bridgehead atoms. The molecule has 2 aromatic heterocycles. The maximum absolute atomic E-state index is 12.3. The molecule has 0 unspecified atom stereocenters. The summed E-state index contributed by atoms with van der Waals surface area (Å²) in [6, 6.07) is 5.22. The van der Waals surface area contributed by atoms with E-state index in [9.17, 15) is 9.59 Å². The lowest BCUT2D eigenvalue weighted by molar-refractivity contribution is 0.0465. The van der Waals surface area contributed by atoms with Crippen molar-refractivity contribution in [3.8, 4) is 0 Å². The summed E-state index contributed by atoms with van der Waals surface area (Å²) < 4.78 is 8.76. The van der Waals surface area contributed by atoms with Crippen molar-refractivity contribution in [2.24, 2.45) is 7.05 Å². The fourth-order valence-electron chi connectivity index (χ4n) is 2.45. The number of aromatic nitrogens is 2. The van der Waals surface area contributed by atoms with Gasteiger partial charge in [-0.05, 0) is 32.0 Å². The first-order chi connectivity index (χ1) is 10.5. The minimum absolute atomic E-state index is 0.203. The third-order valence-corrected chi connectivity index (χ3v) is 3.67. The van der Waals surface area contributed by atoms with Gasteiger partial charge in [0.05, 0.1) is 0 Å². The lowest BCUT2D eigenvalue weighted by atomic mass is 10.1. The van der Waals surface area contributed by atoms with Gasteiger partial charge < -0.3 is 13.9 Å². The summed E-state index contributed by atoms with van der Waals surface area (Å²) in [5, 5.41) is 0. The van der Waals surface area contributed by atoms with Gasteiger partial charge in [-0.25, -0.2) is 4.79 Å². The monoisotopic (exact) mass is 300 g/mol. The number of esters is 1. The third kappa shape index (κ3) is 3.03. The standard InChI is InChI=1S/C17H20N2O3/c1-5-8-19-12(2)10-14(13(19)3)16(20)11-22-17(21)15-7-6-9-18(15)4/h5-7,9-10H,1,8,11H2,2-4H3. The van der Waals surface area contributed by atoms with Gasteiger partial charge in [0.15, 0.2) is 6.61 Å². The number of carbonyl (C=O) groups excluding carboxylic acids is 2. The summed E-state index contributed by atoms with van der Waals surface area (Å²) in [7, 11) is 1.75. The van der Waals surface area contributed by atoms with Crippen molar-refractivity contribution in [3.05, 3.63) is 59.7 Å². The van der Waals surface area contributed by atoms with Gasteiger partial charge in [0.2, 0.25) is 5.78 Å². The van der Waals surface area contributed by atoms with Crippen molar-refractivity contribution >= 4 is 11.8 Å². The van der Waals surface area contributed by atoms with Gasteiger partial charge in [-0.1, -0.05) is 6.08 Å². The van der Waals surface area contributed by atoms with Crippen molar-refractivity contribution in [2.45, 2.75) is 20.4 Å². The van der Waals surface area contributed by atoms with Crippen molar-refractivity contribution in [1.29, 1.82) is 0 Å². The molecule has 5 nitrogen and oxygen atoms in total. The van der Waals surface area contributed by atoms with E-state index < -0.39 is 5.97 Å². The van der Waals surface area contributed by atoms with E-state index >= 15 is 0 Å². The lowest BCUT2D eigenvalue weighted by Gasteiger charge is -2.07. The first kappa shape index (κ1) is 15.8. The molecule has 0 N–H and O–H groups in total. The number of carbonyl (C=O) groups is 2. The van der Waals surface area contributed by atoms with Crippen LogP contribution < -0.4 is 0 Å². The van der Waals surface area contributed by atoms with Crippen molar-refractivity contribution in [3.63, 3.8) is 0 Å². The average molecular weight is 300 g/mol. The fraction of sp³-hybridized carbons (Fsp3) is 0.294. The molecule has 2 rings (SSSR count). The summed E-state index contributed by atoms with van der Waals surface area (Å²) in [6.07, 6.45) is 3.53. The van der Waals surface area contributed by atoms with E-state index in [1.807, 2.05) is 24.5 Å². The zero-order valence-corrected chi connectivity index (χ0v) is 13.1. The van der Waals surface area contributed by atoms with Crippen LogP contribution >= 0.6 is 0 Å². The average Bonchev–Trinajstić information content (AvgIpc) is 3.03. The highest BCUT2D eigenvalue weighted by atomic mass is 16.5. The second kappa shape index (κ2) is 6.47. The molecule has 0 spiro atoms. The largest absolute Gasteiger partial charge is 0.453 e. The topological polar surface area (TPSA) is 53.2 Å². The molecule has 0 fully saturated rings. The number of nitrogens with zero attached hydrogens (tertiary/aromatic N) is 2. The Morgan fingerprint density at radius 1 is 1.36 bits per heavy atom. The number of hydrogen-bond donors (Lipinski definition) is 0. The van der Waals surface area contributed by atoms with Crippen LogP contribution in [0.2, 0.25) is 0 Å². The molecule has 0 aliphatic carbocycles. The van der Waals surface area contributed by atoms with Crippen LogP contribution in [0.3, 0.4) is 0 Å². The third-order valence-electron chi connectivity index (χ3n) is 3.67. The number of ketones is 1. The molecule has 0 saturated carbocycles. The molecule has 0 aromatic carbocycles. The molecule has 5 heteroatoms. The van der Waals surface area contributed by atoms with E-state index in [-0.39, 0.29) is 12.4 Å². The highest BCUT2D eigenvalue weighted by Crippen LogP contribution is 2.16. The van der Waals surface area contributed by atoms with Gasteiger partial charge in [0.25, 0.3) is 0 Å². The highest BCUT2D eigenvalue weighted by molar-refractivity contribution is 6.00. The maximum atomic E-state index is 12.3. The van der Waals surface area contributed by atoms with E-state index in [0.717, 1.165) is 11.4 Å². The van der Waals surface area contributed by atoms with Gasteiger partial charge in [-0.2, -0.15) is 0 Å². The van der Waals surface area contributed by atoms with Gasteiger partial charge >= 0.3 is 5.97 Å². The van der Waals surface area contributed by atoms with Gasteiger partial charge in [-0.15, -0.1) is 6.58 Å². The van der Waals surface area contributed by atoms with Crippen LogP contribution in [0.15, 0.2) is 37.1 Å². The van der Waals surface area contributed by atoms with Crippen LogP contribution in [0.5, 0.6) is 0 Å². The van der Waals surface area contributed by atoms with E-state index in [1.165, 1.54) is 0 Å². The van der Waals surface area contributed by atoms with Crippen molar-refractivity contribution in [1.82, 2.24) is 9.13 Å². The summed E-state index contributed by atoms with van der Waals surface area (Å²) in [6.45, 7) is 7.91. The lowest BCUT2D eigenvalue weighted by Crippen LogP contribution is -2.16. The summed E-state index contributed by atoms with van der Waals surface area (Å²) in [5.41, 5.74) is 2.84. The summed E-state index contributed by atoms with van der Waals surface area (Å²) in [4.78, 5) is 24.2. The Bertz CT molecular complexity index is 722. The van der Waals surface area contributed by atoms with Crippen LogP contribution in [0, 0.1) is 13.8 Å². The second-order valence-corrected chi connectivity index (χ2v) is 5.19. The number of hydrogen-bond acceptors (Lipinski definition) is 3. The predicted octanol–water partition coefficient (Wildman–Crippen LogP) is 2.67. The minimum Gasteiger partial charge on any atom is -0.453 e. The van der Waals surface area contributed by atoms with Crippen molar-refractivity contribution < 1.29 is 14.3 Å². The van der Waals surface area contributed by atoms with Gasteiger partial charge in [0, 0.05) is 36.7 Å². The number of aryl methyl sites for hydroxylation is 2. The first-order valence-electron chi connectivity index (χ1n) is 7.05. The Labute approximate surface area is 129 Å². The van der Waals surface area contributed by atoms with Gasteiger partial charge in [-0.3, -0.25) is 4.79 Å². The Morgan fingerprint density at radius 3 is 2.68 bits per heavy atom. The predicted molar refractivity (Wildman–Crippen MR) is 84.1 cm³/mol. The molecular weight excluding hydrogens is 280 g/mol. The van der Waals surface area contributed by atoms with E-state index in [1.54, 1.807) is 36.0 Å². The van der Waals surface area contributed by atoms with E-state index in [4.69, 9.17) is 4.74 Å². The Hall–Kier alpha value is -2.56. The quantitative estimate of drug-likeness (QED) is 0.468. The van der Waals surface area contributed by atoms with Crippen LogP contribution in [-0.4, -0.2) is 27.5 Å². The van der Waals surface area contributed by atoms with Crippen molar-refractivity contribution in [2.75, 3.05) is 6.61 Å². The number of rotatable bonds is 6. The Morgan fingerprint density at radius 2 is 2.09 bits per heavy atom. The second-order valence-electron chi connectivity index (χ2n) is 5.19. The molecule has 116 valence electrons. The molecule has 0 radical (unpaired) electrons. The first-order valence-corrected chi connectivity index (χ1v) is 7.05. The smallest absolute Gasteiger partial charge is 0.355 e. The van der Waals surface area contributed by atoms with Crippen LogP contribution in [0.1, 0.15) is 32.2 Å². The number of ether oxygens (including phenoxy) is 1.